The number of hydrogen-bond donors (Lipinski definition) is 1. The Kier molecular flexibility index (Phi) is 4.52. The highest BCUT2D eigenvalue weighted by molar-refractivity contribution is 6.35. The lowest BCUT2D eigenvalue weighted by atomic mass is 10.1. The van der Waals surface area contributed by atoms with Gasteiger partial charge in [0.15, 0.2) is 5.60 Å². The molecule has 0 aliphatic carbocycles. The van der Waals surface area contributed by atoms with Crippen LogP contribution in [0.2, 0.25) is 0 Å². The van der Waals surface area contributed by atoms with Crippen LogP contribution in [0.15, 0.2) is 0 Å². The lowest BCUT2D eigenvalue weighted by Crippen LogP contribution is -2.60. The van der Waals surface area contributed by atoms with E-state index in [2.05, 4.69) is 4.74 Å². The highest BCUT2D eigenvalue weighted by atomic mass is 16.5. The van der Waals surface area contributed by atoms with E-state index in [4.69, 9.17) is 0 Å². The summed E-state index contributed by atoms with van der Waals surface area (Å²) in [4.78, 5) is 37.7. The predicted molar refractivity (Wildman–Crippen MR) is 66.1 cm³/mol. The number of β-amino-alcohol motifs (C(OH)–C–C–N with tert-alkyl or cyclic N) is 1. The first-order valence-corrected chi connectivity index (χ1v) is 6.11. The fourth-order valence-electron chi connectivity index (χ4n) is 1.99. The van der Waals surface area contributed by atoms with Gasteiger partial charge in [0.1, 0.15) is 0 Å². The molecule has 1 aliphatic rings. The van der Waals surface area contributed by atoms with E-state index < -0.39 is 23.4 Å². The number of carbonyl (C=O) groups is 3. The molecule has 108 valence electrons. The molecule has 1 fully saturated rings. The van der Waals surface area contributed by atoms with Crippen molar-refractivity contribution in [1.82, 2.24) is 9.80 Å². The third-order valence-electron chi connectivity index (χ3n) is 3.09. The standard InChI is InChI=1S/C12H20N2O5/c1-8(2)14-6-5-13(9(15)10(14)16)7-12(3,18)11(17)19-4/h8,18H,5-7H2,1-4H3. The Morgan fingerprint density at radius 3 is 2.42 bits per heavy atom. The maximum atomic E-state index is 11.9. The summed E-state index contributed by atoms with van der Waals surface area (Å²) < 4.78 is 4.46. The zero-order valence-corrected chi connectivity index (χ0v) is 11.7. The van der Waals surface area contributed by atoms with Crippen LogP contribution < -0.4 is 0 Å². The largest absolute Gasteiger partial charge is 0.467 e. The van der Waals surface area contributed by atoms with Gasteiger partial charge in [-0.1, -0.05) is 0 Å². The number of esters is 1. The monoisotopic (exact) mass is 272 g/mol. The molecule has 0 aromatic carbocycles. The van der Waals surface area contributed by atoms with Gasteiger partial charge in [-0.25, -0.2) is 4.79 Å². The van der Waals surface area contributed by atoms with Crippen molar-refractivity contribution in [2.45, 2.75) is 32.4 Å². The number of aliphatic hydroxyl groups is 1. The molecule has 1 N–H and O–H groups in total. The smallest absolute Gasteiger partial charge is 0.339 e. The quantitative estimate of drug-likeness (QED) is 0.523. The number of ether oxygens (including phenoxy) is 1. The van der Waals surface area contributed by atoms with Crippen LogP contribution in [0.5, 0.6) is 0 Å². The SMILES string of the molecule is COC(=O)C(C)(O)CN1CCN(C(C)C)C(=O)C1=O. The first-order chi connectivity index (χ1) is 8.70. The van der Waals surface area contributed by atoms with E-state index >= 15 is 0 Å². The van der Waals surface area contributed by atoms with Gasteiger partial charge in [-0.3, -0.25) is 9.59 Å². The fraction of sp³-hybridized carbons (Fsp3) is 0.750. The summed E-state index contributed by atoms with van der Waals surface area (Å²) in [6.07, 6.45) is 0. The normalized spacial score (nSPS) is 19.7. The number of piperazine rings is 1. The summed E-state index contributed by atoms with van der Waals surface area (Å²) in [6.45, 7) is 5.33. The Balaban J connectivity index is 2.76. The van der Waals surface area contributed by atoms with E-state index in [-0.39, 0.29) is 19.1 Å². The molecule has 0 radical (unpaired) electrons. The van der Waals surface area contributed by atoms with Gasteiger partial charge in [0.05, 0.1) is 13.7 Å². The van der Waals surface area contributed by atoms with E-state index in [1.54, 1.807) is 0 Å². The van der Waals surface area contributed by atoms with Crippen LogP contribution in [0, 0.1) is 0 Å². The zero-order valence-electron chi connectivity index (χ0n) is 11.7. The van der Waals surface area contributed by atoms with E-state index in [1.807, 2.05) is 13.8 Å². The van der Waals surface area contributed by atoms with Crippen molar-refractivity contribution in [2.24, 2.45) is 0 Å². The third kappa shape index (κ3) is 3.23. The van der Waals surface area contributed by atoms with Gasteiger partial charge >= 0.3 is 17.8 Å². The van der Waals surface area contributed by atoms with E-state index in [0.717, 1.165) is 7.11 Å². The number of carbonyl (C=O) groups excluding carboxylic acids is 3. The first kappa shape index (κ1) is 15.4. The second-order valence-electron chi connectivity index (χ2n) is 5.08. The van der Waals surface area contributed by atoms with Crippen molar-refractivity contribution in [3.63, 3.8) is 0 Å². The summed E-state index contributed by atoms with van der Waals surface area (Å²) in [5, 5.41) is 9.92. The number of amides is 2. The van der Waals surface area contributed by atoms with Gasteiger partial charge in [0, 0.05) is 19.1 Å². The number of methoxy groups -OCH3 is 1. The molecule has 0 spiro atoms. The molecular formula is C12H20N2O5. The molecule has 0 saturated carbocycles. The average Bonchev–Trinajstić information content (AvgIpc) is 2.33. The van der Waals surface area contributed by atoms with Crippen LogP contribution >= 0.6 is 0 Å². The molecule has 0 aromatic rings. The van der Waals surface area contributed by atoms with Crippen molar-refractivity contribution in [1.29, 1.82) is 0 Å². The maximum absolute atomic E-state index is 11.9. The second-order valence-corrected chi connectivity index (χ2v) is 5.08. The van der Waals surface area contributed by atoms with Gasteiger partial charge in [0.25, 0.3) is 0 Å². The second kappa shape index (κ2) is 5.56. The Labute approximate surface area is 112 Å². The van der Waals surface area contributed by atoms with Crippen LogP contribution in [-0.2, 0) is 19.1 Å². The van der Waals surface area contributed by atoms with Crippen LogP contribution in [-0.4, -0.2) is 71.1 Å². The zero-order chi connectivity index (χ0) is 14.8. The third-order valence-corrected chi connectivity index (χ3v) is 3.09. The van der Waals surface area contributed by atoms with Gasteiger partial charge in [-0.15, -0.1) is 0 Å². The Morgan fingerprint density at radius 2 is 1.95 bits per heavy atom. The summed E-state index contributed by atoms with van der Waals surface area (Å²) in [5.41, 5.74) is -1.81. The van der Waals surface area contributed by atoms with Crippen LogP contribution in [0.3, 0.4) is 0 Å². The average molecular weight is 272 g/mol. The Morgan fingerprint density at radius 1 is 1.37 bits per heavy atom. The van der Waals surface area contributed by atoms with Crippen molar-refractivity contribution >= 4 is 17.8 Å². The Bertz CT molecular complexity index is 392. The molecule has 1 atom stereocenters. The van der Waals surface area contributed by atoms with Crippen molar-refractivity contribution in [3.05, 3.63) is 0 Å². The van der Waals surface area contributed by atoms with Crippen LogP contribution in [0.1, 0.15) is 20.8 Å². The molecule has 1 heterocycles. The molecule has 0 bridgehead atoms. The van der Waals surface area contributed by atoms with Gasteiger partial charge in [-0.05, 0) is 20.8 Å². The lowest BCUT2D eigenvalue weighted by Gasteiger charge is -2.38. The highest BCUT2D eigenvalue weighted by Gasteiger charge is 2.40. The van der Waals surface area contributed by atoms with Crippen molar-refractivity contribution in [2.75, 3.05) is 26.7 Å². The molecule has 7 heteroatoms. The first-order valence-electron chi connectivity index (χ1n) is 6.11. The number of rotatable bonds is 4. The highest BCUT2D eigenvalue weighted by Crippen LogP contribution is 2.14. The topological polar surface area (TPSA) is 87.2 Å². The van der Waals surface area contributed by atoms with Gasteiger partial charge in [-0.2, -0.15) is 0 Å². The molecule has 7 nitrogen and oxygen atoms in total. The summed E-state index contributed by atoms with van der Waals surface area (Å²) in [7, 11) is 1.15. The van der Waals surface area contributed by atoms with Crippen molar-refractivity contribution < 1.29 is 24.2 Å². The summed E-state index contributed by atoms with van der Waals surface area (Å²) >= 11 is 0. The molecular weight excluding hydrogens is 252 g/mol. The summed E-state index contributed by atoms with van der Waals surface area (Å²) in [6, 6.07) is -0.0558. The molecule has 1 saturated heterocycles. The molecule has 1 unspecified atom stereocenters. The van der Waals surface area contributed by atoms with E-state index in [0.29, 0.717) is 6.54 Å². The molecule has 2 amide bonds. The fourth-order valence-corrected chi connectivity index (χ4v) is 1.99. The minimum atomic E-state index is -1.81. The van der Waals surface area contributed by atoms with E-state index in [1.165, 1.54) is 16.7 Å². The van der Waals surface area contributed by atoms with Gasteiger partial charge < -0.3 is 19.6 Å². The molecule has 1 rings (SSSR count). The van der Waals surface area contributed by atoms with Crippen molar-refractivity contribution in [3.8, 4) is 0 Å². The molecule has 0 aromatic heterocycles. The van der Waals surface area contributed by atoms with E-state index in [9.17, 15) is 19.5 Å². The molecule has 1 aliphatic heterocycles. The maximum Gasteiger partial charge on any atom is 0.339 e. The van der Waals surface area contributed by atoms with Crippen LogP contribution in [0.25, 0.3) is 0 Å². The summed E-state index contributed by atoms with van der Waals surface area (Å²) in [5.74, 6) is -2.15. The minimum absolute atomic E-state index is 0.0558. The van der Waals surface area contributed by atoms with Gasteiger partial charge in [0.2, 0.25) is 0 Å². The Hall–Kier alpha value is -1.63. The molecule has 19 heavy (non-hydrogen) atoms. The van der Waals surface area contributed by atoms with Crippen LogP contribution in [0.4, 0.5) is 0 Å². The number of hydrogen-bond acceptors (Lipinski definition) is 5. The minimum Gasteiger partial charge on any atom is -0.467 e. The predicted octanol–water partition coefficient (Wildman–Crippen LogP) is -1.01. The lowest BCUT2D eigenvalue weighted by molar-refractivity contribution is -0.168. The number of nitrogens with zero attached hydrogens (tertiary/aromatic N) is 2.